The average Bonchev–Trinajstić information content (AvgIpc) is 3.15. The summed E-state index contributed by atoms with van der Waals surface area (Å²) in [7, 11) is 0. The van der Waals surface area contributed by atoms with Crippen LogP contribution in [-0.4, -0.2) is 6.88 Å². The Kier molecular flexibility index (Phi) is 18.5. The van der Waals surface area contributed by atoms with Gasteiger partial charge in [0, 0.05) is 5.82 Å². The summed E-state index contributed by atoms with van der Waals surface area (Å²) in [6.45, 7) is 13.6. The van der Waals surface area contributed by atoms with Crippen LogP contribution in [0.3, 0.4) is 0 Å². The Labute approximate surface area is 228 Å². The summed E-state index contributed by atoms with van der Waals surface area (Å²) in [6, 6.07) is 13.8. The molecule has 0 aliphatic heterocycles. The minimum absolute atomic E-state index is 0. The van der Waals surface area contributed by atoms with Gasteiger partial charge in [0.15, 0.2) is 0 Å². The number of hydrogen-bond donors (Lipinski definition) is 0. The van der Waals surface area contributed by atoms with E-state index < -0.39 is 11.6 Å². The Morgan fingerprint density at radius 1 is 0.939 bits per heavy atom. The molecule has 0 heterocycles. The van der Waals surface area contributed by atoms with Gasteiger partial charge in [0.2, 0.25) is 0 Å². The van der Waals surface area contributed by atoms with Crippen molar-refractivity contribution in [3.05, 3.63) is 103 Å². The van der Waals surface area contributed by atoms with E-state index in [9.17, 15) is 8.78 Å². The zero-order valence-electron chi connectivity index (χ0n) is 20.3. The molecule has 180 valence electrons. The summed E-state index contributed by atoms with van der Waals surface area (Å²) in [5, 5.41) is 1.11. The van der Waals surface area contributed by atoms with Gasteiger partial charge in [-0.1, -0.05) is 75.6 Å². The van der Waals surface area contributed by atoms with Crippen LogP contribution >= 0.6 is 24.8 Å². The van der Waals surface area contributed by atoms with Gasteiger partial charge >= 0.3 is 30.2 Å². The van der Waals surface area contributed by atoms with E-state index in [1.807, 2.05) is 37.3 Å². The van der Waals surface area contributed by atoms with Crippen LogP contribution < -0.4 is 0 Å². The third-order valence-corrected chi connectivity index (χ3v) is 5.42. The summed E-state index contributed by atoms with van der Waals surface area (Å²) in [5.41, 5.74) is 7.09. The van der Waals surface area contributed by atoms with E-state index in [2.05, 4.69) is 40.7 Å². The molecular formula is C27H32Cl2F2SiZr-4. The SMILES string of the molecule is CC1=[C-]C(C)C(C)=C1C.Cc1[cH-]c2c(F)cc(F)cc2c1-c1ccccc1.Cl.Cl.[CH3-].[CH3-].[Si]=[Zr]. The molecule has 0 saturated carbocycles. The molecule has 0 aromatic heterocycles. The van der Waals surface area contributed by atoms with E-state index in [-0.39, 0.29) is 39.7 Å². The topological polar surface area (TPSA) is 0 Å². The number of rotatable bonds is 1. The fourth-order valence-electron chi connectivity index (χ4n) is 3.59. The van der Waals surface area contributed by atoms with Gasteiger partial charge in [-0.2, -0.15) is 11.1 Å². The van der Waals surface area contributed by atoms with Gasteiger partial charge in [-0.25, -0.2) is 9.96 Å². The Balaban J connectivity index is -0.000000522. The molecule has 4 rings (SSSR count). The standard InChI is InChI=1S/C16H11F2.C9H13.2CH3.2ClH.Si.Zr/c1-10-7-13-14(8-12(17)9-15(13)18)16(10)11-5-3-2-4-6-11;1-6-5-7(2)9(4)8(6)3;;;;;;/h2-9H,1H3;6H,1-4H3;2*1H3;2*1H;;/q4*-1;;;;. The summed E-state index contributed by atoms with van der Waals surface area (Å²) in [6.07, 6.45) is 3.36. The van der Waals surface area contributed by atoms with E-state index >= 15 is 0 Å². The maximum absolute atomic E-state index is 13.7. The molecule has 3 aromatic rings. The molecule has 3 aromatic carbocycles. The van der Waals surface area contributed by atoms with Crippen LogP contribution in [0.4, 0.5) is 8.78 Å². The molecule has 0 nitrogen and oxygen atoms in total. The van der Waals surface area contributed by atoms with Gasteiger partial charge in [0.05, 0.1) is 0 Å². The number of aryl methyl sites for hydroxylation is 1. The van der Waals surface area contributed by atoms with Gasteiger partial charge in [0.25, 0.3) is 0 Å². The van der Waals surface area contributed by atoms with E-state index in [0.717, 1.165) is 22.8 Å². The predicted octanol–water partition coefficient (Wildman–Crippen LogP) is 8.90. The van der Waals surface area contributed by atoms with E-state index in [0.29, 0.717) is 16.7 Å². The molecule has 1 aliphatic rings. The van der Waals surface area contributed by atoms with Crippen molar-refractivity contribution in [2.24, 2.45) is 5.92 Å². The van der Waals surface area contributed by atoms with Gasteiger partial charge in [-0.3, -0.25) is 10.5 Å². The van der Waals surface area contributed by atoms with Crippen LogP contribution in [0, 0.1) is 45.4 Å². The molecular weight excluding hydrogens is 553 g/mol. The fraction of sp³-hybridized carbons (Fsp3) is 0.222. The molecule has 0 N–H and O–H groups in total. The Hall–Kier alpha value is -0.930. The zero-order chi connectivity index (χ0) is 21.7. The van der Waals surface area contributed by atoms with Crippen LogP contribution in [0.2, 0.25) is 0 Å². The quantitative estimate of drug-likeness (QED) is 0.198. The van der Waals surface area contributed by atoms with Crippen molar-refractivity contribution in [2.45, 2.75) is 34.6 Å². The molecule has 1 unspecified atom stereocenters. The van der Waals surface area contributed by atoms with Crippen molar-refractivity contribution >= 4 is 42.5 Å². The molecule has 0 bridgehead atoms. The van der Waals surface area contributed by atoms with E-state index in [1.165, 1.54) is 46.1 Å². The van der Waals surface area contributed by atoms with Crippen LogP contribution in [0.25, 0.3) is 21.9 Å². The number of allylic oxidation sites excluding steroid dienone is 4. The second-order valence-corrected chi connectivity index (χ2v) is 7.22. The molecule has 0 saturated heterocycles. The monoisotopic (exact) mass is 582 g/mol. The first-order valence-electron chi connectivity index (χ1n) is 9.43. The van der Waals surface area contributed by atoms with Crippen LogP contribution in [0.15, 0.2) is 65.3 Å². The van der Waals surface area contributed by atoms with Crippen molar-refractivity contribution in [1.82, 2.24) is 0 Å². The van der Waals surface area contributed by atoms with Crippen molar-refractivity contribution in [1.29, 1.82) is 0 Å². The minimum atomic E-state index is -0.539. The van der Waals surface area contributed by atoms with Crippen LogP contribution in [0.5, 0.6) is 0 Å². The first-order valence-corrected chi connectivity index (χ1v) is 13.6. The number of benzene rings is 2. The second-order valence-electron chi connectivity index (χ2n) is 7.22. The average molecular weight is 585 g/mol. The molecule has 1 aliphatic carbocycles. The van der Waals surface area contributed by atoms with Gasteiger partial charge in [-0.15, -0.1) is 59.7 Å². The molecule has 2 radical (unpaired) electrons. The fourth-order valence-corrected chi connectivity index (χ4v) is 3.59. The third kappa shape index (κ3) is 8.66. The molecule has 6 heteroatoms. The van der Waals surface area contributed by atoms with Crippen LogP contribution in [-0.2, 0) is 23.3 Å². The first-order chi connectivity index (χ1) is 13.8. The Bertz CT molecular complexity index is 1070. The van der Waals surface area contributed by atoms with Crippen molar-refractivity contribution < 1.29 is 32.1 Å². The molecule has 0 spiro atoms. The van der Waals surface area contributed by atoms with Crippen molar-refractivity contribution in [3.63, 3.8) is 0 Å². The van der Waals surface area contributed by atoms with Gasteiger partial charge in [-0.05, 0) is 6.07 Å². The predicted molar refractivity (Wildman–Crippen MR) is 143 cm³/mol. The summed E-state index contributed by atoms with van der Waals surface area (Å²) in [4.78, 5) is 0. The van der Waals surface area contributed by atoms with Crippen molar-refractivity contribution in [3.8, 4) is 11.1 Å². The Morgan fingerprint density at radius 3 is 1.91 bits per heavy atom. The molecule has 33 heavy (non-hydrogen) atoms. The zero-order valence-corrected chi connectivity index (χ0v) is 25.4. The van der Waals surface area contributed by atoms with Crippen LogP contribution in [0.1, 0.15) is 33.3 Å². The van der Waals surface area contributed by atoms with Gasteiger partial charge in [0.1, 0.15) is 5.82 Å². The van der Waals surface area contributed by atoms with Crippen molar-refractivity contribution in [2.75, 3.05) is 0 Å². The van der Waals surface area contributed by atoms with E-state index in [4.69, 9.17) is 0 Å². The Morgan fingerprint density at radius 2 is 1.48 bits per heavy atom. The summed E-state index contributed by atoms with van der Waals surface area (Å²) < 4.78 is 27.1. The normalized spacial score (nSPS) is 13.5. The van der Waals surface area contributed by atoms with Gasteiger partial charge < -0.3 is 14.9 Å². The third-order valence-electron chi connectivity index (χ3n) is 5.42. The summed E-state index contributed by atoms with van der Waals surface area (Å²) in [5.74, 6) is -0.483. The number of hydrogen-bond acceptors (Lipinski definition) is 0. The molecule has 0 amide bonds. The maximum atomic E-state index is 13.7. The molecule has 1 atom stereocenters. The summed E-state index contributed by atoms with van der Waals surface area (Å²) >= 11 is 1.36. The second kappa shape index (κ2) is 16.7. The number of halogens is 4. The molecule has 0 fully saturated rings. The first kappa shape index (κ1) is 36.6. The van der Waals surface area contributed by atoms with E-state index in [1.54, 1.807) is 6.07 Å². The number of fused-ring (bicyclic) bond motifs is 1.